The summed E-state index contributed by atoms with van der Waals surface area (Å²) in [7, 11) is 1.30. The fourth-order valence-electron chi connectivity index (χ4n) is 2.00. The highest BCUT2D eigenvalue weighted by molar-refractivity contribution is 5.93. The average molecular weight is 252 g/mol. The smallest absolute Gasteiger partial charge is 0.338 e. The first-order valence-corrected chi connectivity index (χ1v) is 5.98. The molecule has 4 nitrogen and oxygen atoms in total. The van der Waals surface area contributed by atoms with Gasteiger partial charge in [-0.1, -0.05) is 27.7 Å². The third-order valence-electron chi connectivity index (χ3n) is 2.95. The van der Waals surface area contributed by atoms with Gasteiger partial charge in [-0.15, -0.1) is 0 Å². The molecule has 0 fully saturated rings. The van der Waals surface area contributed by atoms with Gasteiger partial charge in [0, 0.05) is 11.1 Å². The Morgan fingerprint density at radius 2 is 1.67 bits per heavy atom. The van der Waals surface area contributed by atoms with E-state index in [2.05, 4.69) is 0 Å². The van der Waals surface area contributed by atoms with Crippen molar-refractivity contribution in [3.63, 3.8) is 0 Å². The van der Waals surface area contributed by atoms with E-state index in [0.717, 1.165) is 0 Å². The minimum absolute atomic E-state index is 0.000480. The Morgan fingerprint density at radius 3 is 2.06 bits per heavy atom. The molecule has 0 spiro atoms. The lowest BCUT2D eigenvalue weighted by Crippen LogP contribution is -2.09. The van der Waals surface area contributed by atoms with Crippen LogP contribution in [-0.2, 0) is 4.74 Å². The Kier molecular flexibility index (Phi) is 4.22. The van der Waals surface area contributed by atoms with Gasteiger partial charge < -0.3 is 14.9 Å². The van der Waals surface area contributed by atoms with Gasteiger partial charge in [0.25, 0.3) is 0 Å². The highest BCUT2D eigenvalue weighted by Gasteiger charge is 2.24. The molecule has 0 aliphatic rings. The Bertz CT molecular complexity index is 461. The normalized spacial score (nSPS) is 11.1. The molecule has 0 amide bonds. The molecule has 0 aromatic heterocycles. The fraction of sp³-hybridized carbons (Fsp3) is 0.500. The van der Waals surface area contributed by atoms with Gasteiger partial charge in [-0.25, -0.2) is 4.79 Å². The van der Waals surface area contributed by atoms with E-state index in [0.29, 0.717) is 16.7 Å². The second-order valence-corrected chi connectivity index (χ2v) is 4.93. The van der Waals surface area contributed by atoms with E-state index in [1.165, 1.54) is 7.11 Å². The lowest BCUT2D eigenvalue weighted by Gasteiger charge is -2.18. The lowest BCUT2D eigenvalue weighted by molar-refractivity contribution is 0.0598. The van der Waals surface area contributed by atoms with Crippen LogP contribution in [0.15, 0.2) is 6.07 Å². The van der Waals surface area contributed by atoms with Crippen LogP contribution in [0.1, 0.15) is 61.0 Å². The standard InChI is InChI=1S/C14H20O4/c1-7(2)9-6-10(14(17)18-5)11(8(3)4)13(16)12(9)15/h6-8,15-16H,1-5H3. The summed E-state index contributed by atoms with van der Waals surface area (Å²) >= 11 is 0. The molecule has 0 radical (unpaired) electrons. The van der Waals surface area contributed by atoms with Gasteiger partial charge in [-0.3, -0.25) is 0 Å². The minimum atomic E-state index is -0.504. The van der Waals surface area contributed by atoms with Crippen molar-refractivity contribution in [2.75, 3.05) is 7.11 Å². The molecule has 0 saturated carbocycles. The van der Waals surface area contributed by atoms with Crippen LogP contribution >= 0.6 is 0 Å². The largest absolute Gasteiger partial charge is 0.504 e. The van der Waals surface area contributed by atoms with E-state index in [4.69, 9.17) is 4.74 Å². The van der Waals surface area contributed by atoms with Gasteiger partial charge in [0.05, 0.1) is 12.7 Å². The first-order chi connectivity index (χ1) is 8.31. The summed E-state index contributed by atoms with van der Waals surface area (Å²) in [5.74, 6) is -0.972. The van der Waals surface area contributed by atoms with Crippen molar-refractivity contribution in [1.82, 2.24) is 0 Å². The summed E-state index contributed by atoms with van der Waals surface area (Å²) in [6.07, 6.45) is 0. The van der Waals surface area contributed by atoms with Gasteiger partial charge in [0.15, 0.2) is 11.5 Å². The van der Waals surface area contributed by atoms with Crippen LogP contribution in [0.25, 0.3) is 0 Å². The van der Waals surface area contributed by atoms with Gasteiger partial charge in [0.1, 0.15) is 0 Å². The van der Waals surface area contributed by atoms with E-state index in [1.54, 1.807) is 6.07 Å². The van der Waals surface area contributed by atoms with Crippen molar-refractivity contribution in [3.8, 4) is 11.5 Å². The number of phenols is 2. The molecule has 2 N–H and O–H groups in total. The number of phenolic OH excluding ortho intramolecular Hbond substituents is 2. The van der Waals surface area contributed by atoms with Crippen molar-refractivity contribution in [1.29, 1.82) is 0 Å². The van der Waals surface area contributed by atoms with Crippen LogP contribution in [-0.4, -0.2) is 23.3 Å². The second-order valence-electron chi connectivity index (χ2n) is 4.93. The Balaban J connectivity index is 3.61. The molecule has 0 saturated heterocycles. The van der Waals surface area contributed by atoms with Crippen LogP contribution in [0.3, 0.4) is 0 Å². The van der Waals surface area contributed by atoms with Crippen LogP contribution in [0.4, 0.5) is 0 Å². The van der Waals surface area contributed by atoms with Crippen molar-refractivity contribution < 1.29 is 19.7 Å². The van der Waals surface area contributed by atoms with Crippen molar-refractivity contribution in [3.05, 3.63) is 22.8 Å². The first-order valence-electron chi connectivity index (χ1n) is 5.98. The summed E-state index contributed by atoms with van der Waals surface area (Å²) in [4.78, 5) is 11.8. The van der Waals surface area contributed by atoms with E-state index in [-0.39, 0.29) is 23.3 Å². The highest BCUT2D eigenvalue weighted by atomic mass is 16.5. The lowest BCUT2D eigenvalue weighted by atomic mass is 9.90. The molecular weight excluding hydrogens is 232 g/mol. The van der Waals surface area contributed by atoms with Gasteiger partial charge in [0.2, 0.25) is 0 Å². The maximum Gasteiger partial charge on any atom is 0.338 e. The van der Waals surface area contributed by atoms with Crippen LogP contribution in [0, 0.1) is 0 Å². The maximum absolute atomic E-state index is 11.8. The molecular formula is C14H20O4. The first kappa shape index (κ1) is 14.4. The predicted octanol–water partition coefficient (Wildman–Crippen LogP) is 3.13. The zero-order chi connectivity index (χ0) is 14.0. The second kappa shape index (κ2) is 5.29. The Labute approximate surface area is 107 Å². The molecule has 18 heavy (non-hydrogen) atoms. The molecule has 0 unspecified atom stereocenters. The molecule has 0 aliphatic carbocycles. The van der Waals surface area contributed by atoms with Crippen LogP contribution < -0.4 is 0 Å². The highest BCUT2D eigenvalue weighted by Crippen LogP contribution is 2.42. The third kappa shape index (κ3) is 2.42. The monoisotopic (exact) mass is 252 g/mol. The number of carbonyl (C=O) groups is 1. The fourth-order valence-corrected chi connectivity index (χ4v) is 2.00. The zero-order valence-corrected chi connectivity index (χ0v) is 11.4. The molecule has 100 valence electrons. The molecule has 0 aliphatic heterocycles. The molecule has 0 atom stereocenters. The summed E-state index contributed by atoms with van der Waals surface area (Å²) in [6.45, 7) is 7.45. The Hall–Kier alpha value is -1.71. The minimum Gasteiger partial charge on any atom is -0.504 e. The summed E-state index contributed by atoms with van der Waals surface area (Å²) in [5.41, 5.74) is 1.27. The third-order valence-corrected chi connectivity index (χ3v) is 2.95. The molecule has 1 aromatic rings. The van der Waals surface area contributed by atoms with Gasteiger partial charge >= 0.3 is 5.97 Å². The summed E-state index contributed by atoms with van der Waals surface area (Å²) in [6, 6.07) is 1.60. The zero-order valence-electron chi connectivity index (χ0n) is 11.4. The number of rotatable bonds is 3. The molecule has 0 heterocycles. The van der Waals surface area contributed by atoms with E-state index in [9.17, 15) is 15.0 Å². The SMILES string of the molecule is COC(=O)c1cc(C(C)C)c(O)c(O)c1C(C)C. The summed E-state index contributed by atoms with van der Waals surface area (Å²) < 4.78 is 4.73. The van der Waals surface area contributed by atoms with E-state index in [1.807, 2.05) is 27.7 Å². The average Bonchev–Trinajstić information content (AvgIpc) is 2.30. The number of carbonyl (C=O) groups excluding carboxylic acids is 1. The molecule has 1 rings (SSSR count). The number of ether oxygens (including phenoxy) is 1. The predicted molar refractivity (Wildman–Crippen MR) is 69.3 cm³/mol. The molecule has 1 aromatic carbocycles. The topological polar surface area (TPSA) is 66.8 Å². The number of aromatic hydroxyl groups is 2. The number of hydrogen-bond donors (Lipinski definition) is 2. The van der Waals surface area contributed by atoms with Gasteiger partial charge in [-0.05, 0) is 17.9 Å². The number of methoxy groups -OCH3 is 1. The van der Waals surface area contributed by atoms with E-state index >= 15 is 0 Å². The maximum atomic E-state index is 11.8. The number of benzene rings is 1. The number of hydrogen-bond acceptors (Lipinski definition) is 4. The summed E-state index contributed by atoms with van der Waals surface area (Å²) in [5, 5.41) is 20.0. The van der Waals surface area contributed by atoms with Crippen molar-refractivity contribution >= 4 is 5.97 Å². The van der Waals surface area contributed by atoms with Crippen molar-refractivity contribution in [2.45, 2.75) is 39.5 Å². The molecule has 4 heteroatoms. The quantitative estimate of drug-likeness (QED) is 0.640. The van der Waals surface area contributed by atoms with Gasteiger partial charge in [-0.2, -0.15) is 0 Å². The van der Waals surface area contributed by atoms with E-state index < -0.39 is 5.97 Å². The number of esters is 1. The van der Waals surface area contributed by atoms with Crippen LogP contribution in [0.2, 0.25) is 0 Å². The van der Waals surface area contributed by atoms with Crippen molar-refractivity contribution in [2.24, 2.45) is 0 Å². The molecule has 0 bridgehead atoms. The Morgan fingerprint density at radius 1 is 1.11 bits per heavy atom. The van der Waals surface area contributed by atoms with Crippen LogP contribution in [0.5, 0.6) is 11.5 Å².